The number of carboxylic acid groups (broad SMARTS) is 1. The Hall–Kier alpha value is -2.17. The Balaban J connectivity index is 1.77. The number of aliphatic carboxylic acids is 1. The average molecular weight is 311 g/mol. The number of carbonyl (C=O) groups is 1. The van der Waals surface area contributed by atoms with E-state index in [4.69, 9.17) is 4.84 Å². The van der Waals surface area contributed by atoms with Crippen LogP contribution < -0.4 is 5.48 Å². The first-order chi connectivity index (χ1) is 11.1. The molecule has 23 heavy (non-hydrogen) atoms. The van der Waals surface area contributed by atoms with Crippen molar-refractivity contribution >= 4 is 5.97 Å². The molecule has 0 saturated carbocycles. The van der Waals surface area contributed by atoms with Crippen molar-refractivity contribution in [2.24, 2.45) is 5.92 Å². The first-order valence-corrected chi connectivity index (χ1v) is 7.88. The van der Waals surface area contributed by atoms with Gasteiger partial charge in [0.15, 0.2) is 0 Å². The summed E-state index contributed by atoms with van der Waals surface area (Å²) in [6, 6.07) is 15.9. The topological polar surface area (TPSA) is 58.6 Å². The second-order valence-corrected chi connectivity index (χ2v) is 6.22. The van der Waals surface area contributed by atoms with Crippen molar-refractivity contribution in [1.82, 2.24) is 5.48 Å². The molecule has 0 fully saturated rings. The minimum Gasteiger partial charge on any atom is -0.480 e. The number of rotatable bonds is 6. The van der Waals surface area contributed by atoms with Crippen molar-refractivity contribution in [3.8, 4) is 11.1 Å². The van der Waals surface area contributed by atoms with E-state index in [0.717, 1.165) is 0 Å². The van der Waals surface area contributed by atoms with Crippen LogP contribution in [0, 0.1) is 5.92 Å². The summed E-state index contributed by atoms with van der Waals surface area (Å²) in [5.41, 5.74) is 7.63. The van der Waals surface area contributed by atoms with Gasteiger partial charge in [0.2, 0.25) is 0 Å². The Morgan fingerprint density at radius 3 is 2.09 bits per heavy atom. The lowest BCUT2D eigenvalue weighted by Crippen LogP contribution is -2.41. The van der Waals surface area contributed by atoms with Crippen LogP contribution in [0.5, 0.6) is 0 Å². The highest BCUT2D eigenvalue weighted by atomic mass is 16.6. The molecule has 0 aromatic heterocycles. The summed E-state index contributed by atoms with van der Waals surface area (Å²) in [6.07, 6.45) is 0. The van der Waals surface area contributed by atoms with Gasteiger partial charge in [-0.15, -0.1) is 0 Å². The first kappa shape index (κ1) is 15.7. The minimum atomic E-state index is -0.896. The van der Waals surface area contributed by atoms with Gasteiger partial charge < -0.3 is 5.11 Å². The van der Waals surface area contributed by atoms with Crippen LogP contribution in [0.25, 0.3) is 11.1 Å². The molecule has 4 nitrogen and oxygen atoms in total. The van der Waals surface area contributed by atoms with Crippen molar-refractivity contribution in [1.29, 1.82) is 0 Å². The molecule has 0 amide bonds. The van der Waals surface area contributed by atoms with E-state index in [1.54, 1.807) is 0 Å². The summed E-state index contributed by atoms with van der Waals surface area (Å²) in [7, 11) is 0. The normalized spacial score (nSPS) is 14.6. The Morgan fingerprint density at radius 1 is 1.09 bits per heavy atom. The quantitative estimate of drug-likeness (QED) is 0.803. The molecule has 0 bridgehead atoms. The third-order valence-corrected chi connectivity index (χ3v) is 4.36. The van der Waals surface area contributed by atoms with Crippen LogP contribution in [-0.4, -0.2) is 23.7 Å². The van der Waals surface area contributed by atoms with Gasteiger partial charge >= 0.3 is 5.97 Å². The number of fused-ring (bicyclic) bond motifs is 3. The minimum absolute atomic E-state index is 0.0457. The van der Waals surface area contributed by atoms with E-state index in [2.05, 4.69) is 29.7 Å². The van der Waals surface area contributed by atoms with E-state index >= 15 is 0 Å². The van der Waals surface area contributed by atoms with Crippen molar-refractivity contribution in [2.45, 2.75) is 25.8 Å². The van der Waals surface area contributed by atoms with E-state index < -0.39 is 12.0 Å². The van der Waals surface area contributed by atoms with Crippen molar-refractivity contribution < 1.29 is 14.7 Å². The lowest BCUT2D eigenvalue weighted by atomic mass is 9.98. The van der Waals surface area contributed by atoms with E-state index in [0.29, 0.717) is 6.61 Å². The summed E-state index contributed by atoms with van der Waals surface area (Å²) < 4.78 is 0. The van der Waals surface area contributed by atoms with Gasteiger partial charge in [-0.05, 0) is 28.2 Å². The summed E-state index contributed by atoms with van der Waals surface area (Å²) in [4.78, 5) is 16.8. The van der Waals surface area contributed by atoms with Crippen LogP contribution in [0.4, 0.5) is 0 Å². The largest absolute Gasteiger partial charge is 0.480 e. The Bertz CT molecular complexity index is 666. The van der Waals surface area contributed by atoms with Gasteiger partial charge in [0, 0.05) is 5.92 Å². The molecule has 0 spiro atoms. The van der Waals surface area contributed by atoms with Crippen LogP contribution in [0.15, 0.2) is 48.5 Å². The molecule has 0 unspecified atom stereocenters. The summed E-state index contributed by atoms with van der Waals surface area (Å²) in [6.45, 7) is 4.12. The summed E-state index contributed by atoms with van der Waals surface area (Å²) >= 11 is 0. The first-order valence-electron chi connectivity index (χ1n) is 7.88. The van der Waals surface area contributed by atoms with E-state index in [1.165, 1.54) is 22.3 Å². The predicted octanol–water partition coefficient (Wildman–Crippen LogP) is 3.43. The highest BCUT2D eigenvalue weighted by Gasteiger charge is 2.29. The Kier molecular flexibility index (Phi) is 4.46. The second-order valence-electron chi connectivity index (χ2n) is 6.22. The molecule has 1 atom stereocenters. The maximum absolute atomic E-state index is 11.2. The maximum atomic E-state index is 11.2. The average Bonchev–Trinajstić information content (AvgIpc) is 2.85. The van der Waals surface area contributed by atoms with Crippen molar-refractivity contribution in [3.63, 3.8) is 0 Å². The molecule has 0 saturated heterocycles. The molecule has 4 heteroatoms. The molecule has 1 aliphatic carbocycles. The smallest absolute Gasteiger partial charge is 0.323 e. The standard InChI is InChI=1S/C19H21NO3/c1-12(2)18(19(21)22)20-23-11-17-15-9-5-3-7-13(15)14-8-4-6-10-16(14)17/h3-10,12,17-18,20H,11H2,1-2H3,(H,21,22)/t18-/m0/s1. The number of nitrogens with one attached hydrogen (secondary N) is 1. The van der Waals surface area contributed by atoms with Gasteiger partial charge in [0.1, 0.15) is 6.04 Å². The maximum Gasteiger partial charge on any atom is 0.323 e. The van der Waals surface area contributed by atoms with Gasteiger partial charge in [-0.1, -0.05) is 62.4 Å². The molecule has 2 aromatic carbocycles. The van der Waals surface area contributed by atoms with Gasteiger partial charge in [-0.3, -0.25) is 9.63 Å². The Morgan fingerprint density at radius 2 is 1.61 bits per heavy atom. The molecule has 2 N–H and O–H groups in total. The number of benzene rings is 2. The number of carboxylic acids is 1. The number of hydroxylamine groups is 1. The lowest BCUT2D eigenvalue weighted by molar-refractivity contribution is -0.146. The lowest BCUT2D eigenvalue weighted by Gasteiger charge is -2.20. The van der Waals surface area contributed by atoms with E-state index in [-0.39, 0.29) is 11.8 Å². The Labute approximate surface area is 136 Å². The zero-order valence-corrected chi connectivity index (χ0v) is 13.3. The van der Waals surface area contributed by atoms with Gasteiger partial charge in [-0.25, -0.2) is 0 Å². The zero-order chi connectivity index (χ0) is 16.4. The fraction of sp³-hybridized carbons (Fsp3) is 0.316. The molecular formula is C19H21NO3. The van der Waals surface area contributed by atoms with Crippen LogP contribution in [0.2, 0.25) is 0 Å². The highest BCUT2D eigenvalue weighted by molar-refractivity contribution is 5.78. The van der Waals surface area contributed by atoms with Crippen molar-refractivity contribution in [3.05, 3.63) is 59.7 Å². The van der Waals surface area contributed by atoms with Gasteiger partial charge in [0.05, 0.1) is 6.61 Å². The van der Waals surface area contributed by atoms with E-state index in [9.17, 15) is 9.90 Å². The van der Waals surface area contributed by atoms with Crippen LogP contribution in [0.3, 0.4) is 0 Å². The number of hydrogen-bond acceptors (Lipinski definition) is 3. The van der Waals surface area contributed by atoms with Crippen LogP contribution >= 0.6 is 0 Å². The third kappa shape index (κ3) is 3.00. The summed E-state index contributed by atoms with van der Waals surface area (Å²) in [5.74, 6) is -0.820. The molecular weight excluding hydrogens is 290 g/mol. The number of hydrogen-bond donors (Lipinski definition) is 2. The molecule has 120 valence electrons. The van der Waals surface area contributed by atoms with E-state index in [1.807, 2.05) is 38.1 Å². The molecule has 0 aliphatic heterocycles. The molecule has 1 aliphatic rings. The fourth-order valence-electron chi connectivity index (χ4n) is 3.13. The molecule has 0 radical (unpaired) electrons. The predicted molar refractivity (Wildman–Crippen MR) is 89.1 cm³/mol. The van der Waals surface area contributed by atoms with Crippen LogP contribution in [0.1, 0.15) is 30.9 Å². The fourth-order valence-corrected chi connectivity index (χ4v) is 3.13. The monoisotopic (exact) mass is 311 g/mol. The second kappa shape index (κ2) is 6.52. The zero-order valence-electron chi connectivity index (χ0n) is 13.3. The van der Waals surface area contributed by atoms with Crippen LogP contribution in [-0.2, 0) is 9.63 Å². The SMILES string of the molecule is CC(C)[C@H](NOCC1c2ccccc2-c2ccccc21)C(=O)O. The summed E-state index contributed by atoms with van der Waals surface area (Å²) in [5, 5.41) is 9.21. The molecule has 3 rings (SSSR count). The van der Waals surface area contributed by atoms with Gasteiger partial charge in [-0.2, -0.15) is 5.48 Å². The highest BCUT2D eigenvalue weighted by Crippen LogP contribution is 2.44. The van der Waals surface area contributed by atoms with Crippen molar-refractivity contribution in [2.75, 3.05) is 6.61 Å². The molecule has 2 aromatic rings. The third-order valence-electron chi connectivity index (χ3n) is 4.36. The van der Waals surface area contributed by atoms with Gasteiger partial charge in [0.25, 0.3) is 0 Å². The molecule has 0 heterocycles.